The Balaban J connectivity index is 0.00000192. The molecular weight excluding hydrogens is 389 g/mol. The van der Waals surface area contributed by atoms with Gasteiger partial charge in [-0.25, -0.2) is 4.98 Å². The third-order valence-electron chi connectivity index (χ3n) is 4.00. The van der Waals surface area contributed by atoms with E-state index in [-0.39, 0.29) is 49.0 Å². The second-order valence-corrected chi connectivity index (χ2v) is 5.49. The molecule has 0 spiro atoms. The molecule has 3 rings (SSSR count). The van der Waals surface area contributed by atoms with Gasteiger partial charge in [-0.05, 0) is 12.1 Å². The van der Waals surface area contributed by atoms with Crippen LogP contribution in [0.5, 0.6) is 0 Å². The average molecular weight is 413 g/mol. The molecule has 0 aromatic carbocycles. The fraction of sp³-hybridized carbons (Fsp3) is 0.533. The predicted octanol–water partition coefficient (Wildman–Crippen LogP) is 0.438. The first-order valence-corrected chi connectivity index (χ1v) is 7.73. The van der Waals surface area contributed by atoms with Crippen LogP contribution < -0.4 is 10.6 Å². The van der Waals surface area contributed by atoms with Crippen molar-refractivity contribution in [2.75, 3.05) is 52.4 Å². The van der Waals surface area contributed by atoms with Gasteiger partial charge < -0.3 is 20.4 Å². The van der Waals surface area contributed by atoms with Gasteiger partial charge in [-0.2, -0.15) is 0 Å². The van der Waals surface area contributed by atoms with Gasteiger partial charge in [0.1, 0.15) is 11.4 Å². The summed E-state index contributed by atoms with van der Waals surface area (Å²) >= 11 is 0. The summed E-state index contributed by atoms with van der Waals surface area (Å²) in [5, 5.41) is 6.43. The number of amides is 2. The summed E-state index contributed by atoms with van der Waals surface area (Å²) in [6.45, 7) is 5.90. The maximum Gasteiger partial charge on any atom is 0.272 e. The highest BCUT2D eigenvalue weighted by Crippen LogP contribution is 2.08. The van der Waals surface area contributed by atoms with Gasteiger partial charge in [0.15, 0.2) is 0 Å². The summed E-state index contributed by atoms with van der Waals surface area (Å²) in [4.78, 5) is 32.8. The predicted molar refractivity (Wildman–Crippen MR) is 104 cm³/mol. The van der Waals surface area contributed by atoms with Gasteiger partial charge in [-0.3, -0.25) is 9.59 Å². The van der Waals surface area contributed by atoms with Crippen LogP contribution in [0.1, 0.15) is 21.0 Å². The van der Waals surface area contributed by atoms with E-state index in [9.17, 15) is 9.59 Å². The Morgan fingerprint density at radius 1 is 0.760 bits per heavy atom. The number of carbonyl (C=O) groups excluding carboxylic acids is 2. The molecule has 2 amide bonds. The number of carbonyl (C=O) groups is 2. The average Bonchev–Trinajstić information content (AvgIpc) is 2.62. The molecule has 142 valence electrons. The van der Waals surface area contributed by atoms with E-state index in [1.165, 1.54) is 0 Å². The van der Waals surface area contributed by atoms with Crippen LogP contribution in [0.25, 0.3) is 0 Å². The number of pyridine rings is 1. The van der Waals surface area contributed by atoms with E-state index in [1.54, 1.807) is 28.0 Å². The molecule has 2 N–H and O–H groups in total. The molecule has 25 heavy (non-hydrogen) atoms. The van der Waals surface area contributed by atoms with Crippen LogP contribution in [0, 0.1) is 0 Å². The molecule has 0 unspecified atom stereocenters. The minimum Gasteiger partial charge on any atom is -0.335 e. The first-order valence-electron chi connectivity index (χ1n) is 7.73. The molecule has 2 saturated heterocycles. The molecule has 0 saturated carbocycles. The zero-order valence-corrected chi connectivity index (χ0v) is 16.2. The Morgan fingerprint density at radius 3 is 1.48 bits per heavy atom. The van der Waals surface area contributed by atoms with Crippen LogP contribution in [-0.2, 0) is 0 Å². The number of piperazine rings is 2. The number of rotatable bonds is 2. The number of nitrogens with zero attached hydrogens (tertiary/aromatic N) is 3. The topological polar surface area (TPSA) is 77.6 Å². The lowest BCUT2D eigenvalue weighted by Crippen LogP contribution is -2.47. The summed E-state index contributed by atoms with van der Waals surface area (Å²) in [6.07, 6.45) is 0. The van der Waals surface area contributed by atoms with Gasteiger partial charge in [0.25, 0.3) is 11.8 Å². The van der Waals surface area contributed by atoms with Crippen molar-refractivity contribution in [2.45, 2.75) is 0 Å². The summed E-state index contributed by atoms with van der Waals surface area (Å²) < 4.78 is 0. The minimum atomic E-state index is -0.100. The van der Waals surface area contributed by atoms with Crippen molar-refractivity contribution < 1.29 is 9.59 Å². The van der Waals surface area contributed by atoms with Crippen LogP contribution in [-0.4, -0.2) is 79.0 Å². The largest absolute Gasteiger partial charge is 0.335 e. The van der Waals surface area contributed by atoms with E-state index in [4.69, 9.17) is 0 Å². The van der Waals surface area contributed by atoms with Gasteiger partial charge >= 0.3 is 0 Å². The van der Waals surface area contributed by atoms with Crippen molar-refractivity contribution in [1.82, 2.24) is 25.4 Å². The monoisotopic (exact) mass is 411 g/mol. The quantitative estimate of drug-likeness (QED) is 0.737. The summed E-state index contributed by atoms with van der Waals surface area (Å²) in [6, 6.07) is 5.09. The Bertz CT molecular complexity index is 519. The van der Waals surface area contributed by atoms with Crippen molar-refractivity contribution in [3.05, 3.63) is 29.6 Å². The summed E-state index contributed by atoms with van der Waals surface area (Å²) in [5.74, 6) is -0.201. The van der Waals surface area contributed by atoms with Crippen molar-refractivity contribution in [1.29, 1.82) is 0 Å². The number of aromatic nitrogens is 1. The van der Waals surface area contributed by atoms with Gasteiger partial charge in [-0.15, -0.1) is 37.2 Å². The second-order valence-electron chi connectivity index (χ2n) is 5.49. The van der Waals surface area contributed by atoms with Crippen LogP contribution in [0.3, 0.4) is 0 Å². The van der Waals surface area contributed by atoms with E-state index in [2.05, 4.69) is 15.6 Å². The van der Waals surface area contributed by atoms with Gasteiger partial charge in [0.2, 0.25) is 0 Å². The lowest BCUT2D eigenvalue weighted by molar-refractivity contribution is 0.0722. The van der Waals surface area contributed by atoms with Crippen LogP contribution >= 0.6 is 37.2 Å². The van der Waals surface area contributed by atoms with Gasteiger partial charge in [0, 0.05) is 52.4 Å². The maximum atomic E-state index is 12.5. The molecule has 2 aliphatic rings. The van der Waals surface area contributed by atoms with E-state index >= 15 is 0 Å². The molecule has 2 fully saturated rings. The summed E-state index contributed by atoms with van der Waals surface area (Å²) in [5.41, 5.74) is 0.700. The first kappa shape index (κ1) is 23.9. The molecule has 0 aliphatic carbocycles. The summed E-state index contributed by atoms with van der Waals surface area (Å²) in [7, 11) is 0. The van der Waals surface area contributed by atoms with Crippen molar-refractivity contribution in [3.63, 3.8) is 0 Å². The first-order chi connectivity index (χ1) is 10.8. The Labute approximate surface area is 166 Å². The molecule has 0 atom stereocenters. The maximum absolute atomic E-state index is 12.5. The third-order valence-corrected chi connectivity index (χ3v) is 4.00. The van der Waals surface area contributed by atoms with Crippen LogP contribution in [0.15, 0.2) is 18.2 Å². The van der Waals surface area contributed by atoms with E-state index in [0.717, 1.165) is 26.2 Å². The van der Waals surface area contributed by atoms with E-state index in [1.807, 2.05) is 0 Å². The molecular formula is C15H24Cl3N5O2. The highest BCUT2D eigenvalue weighted by Gasteiger charge is 2.22. The molecule has 10 heteroatoms. The Morgan fingerprint density at radius 2 is 1.12 bits per heavy atom. The fourth-order valence-corrected chi connectivity index (χ4v) is 2.73. The van der Waals surface area contributed by atoms with E-state index < -0.39 is 0 Å². The molecule has 1 aromatic heterocycles. The number of hydrogen-bond donors (Lipinski definition) is 2. The van der Waals surface area contributed by atoms with Gasteiger partial charge in [-0.1, -0.05) is 6.07 Å². The third kappa shape index (κ3) is 5.97. The SMILES string of the molecule is Cl.Cl.Cl.O=C(c1cccc(C(=O)N2CCNCC2)n1)N1CCNCC1. The molecule has 7 nitrogen and oxygen atoms in total. The number of halogens is 3. The molecule has 1 aromatic rings. The lowest BCUT2D eigenvalue weighted by atomic mass is 10.2. The fourth-order valence-electron chi connectivity index (χ4n) is 2.73. The smallest absolute Gasteiger partial charge is 0.272 e. The number of hydrogen-bond acceptors (Lipinski definition) is 5. The minimum absolute atomic E-state index is 0. The van der Waals surface area contributed by atoms with Gasteiger partial charge in [0.05, 0.1) is 0 Å². The van der Waals surface area contributed by atoms with Crippen LogP contribution in [0.4, 0.5) is 0 Å². The Kier molecular flexibility index (Phi) is 11.0. The van der Waals surface area contributed by atoms with Crippen molar-refractivity contribution in [2.24, 2.45) is 0 Å². The van der Waals surface area contributed by atoms with Crippen molar-refractivity contribution in [3.8, 4) is 0 Å². The lowest BCUT2D eigenvalue weighted by Gasteiger charge is -2.28. The standard InChI is InChI=1S/C15H21N5O2.3ClH/c21-14(19-8-4-16-5-9-19)12-2-1-3-13(18-12)15(22)20-10-6-17-7-11-20;;;/h1-3,16-17H,4-11H2;3*1H. The van der Waals surface area contributed by atoms with E-state index in [0.29, 0.717) is 37.6 Å². The Hall–Kier alpha value is -1.12. The zero-order valence-electron chi connectivity index (χ0n) is 13.8. The molecule has 0 radical (unpaired) electrons. The van der Waals surface area contributed by atoms with Crippen LogP contribution in [0.2, 0.25) is 0 Å². The zero-order chi connectivity index (χ0) is 15.4. The second kappa shape index (κ2) is 11.5. The van der Waals surface area contributed by atoms with Crippen molar-refractivity contribution >= 4 is 49.0 Å². The highest BCUT2D eigenvalue weighted by molar-refractivity contribution is 5.96. The number of nitrogens with one attached hydrogen (secondary N) is 2. The highest BCUT2D eigenvalue weighted by atomic mass is 35.5. The normalized spacial score (nSPS) is 16.8. The molecule has 0 bridgehead atoms. The molecule has 2 aliphatic heterocycles. The molecule has 3 heterocycles.